The Balaban J connectivity index is 0.00000144. The molecule has 0 atom stereocenters. The van der Waals surface area contributed by atoms with Crippen molar-refractivity contribution < 1.29 is 4.74 Å². The first-order chi connectivity index (χ1) is 10.3. The SMILES string of the molecule is COc1cccc(C2=Nc3cccc4cccc(c34)N2)c1.Cl. The molecule has 0 radical (unpaired) electrons. The van der Waals surface area contributed by atoms with Crippen molar-refractivity contribution in [2.45, 2.75) is 0 Å². The standard InChI is InChI=1S/C18H14N2O.ClH/c1-21-14-8-2-7-13(11-14)18-19-15-9-3-5-12-6-4-10-16(20-18)17(12)15;/h2-11H,1H3,(H,19,20);1H. The van der Waals surface area contributed by atoms with Crippen molar-refractivity contribution in [1.29, 1.82) is 0 Å². The fourth-order valence-corrected chi connectivity index (χ4v) is 2.70. The van der Waals surface area contributed by atoms with E-state index in [2.05, 4.69) is 29.6 Å². The van der Waals surface area contributed by atoms with Gasteiger partial charge in [-0.15, -0.1) is 12.4 Å². The molecule has 0 spiro atoms. The molecule has 1 N–H and O–H groups in total. The van der Waals surface area contributed by atoms with E-state index in [1.807, 2.05) is 36.4 Å². The van der Waals surface area contributed by atoms with Gasteiger partial charge in [0.1, 0.15) is 11.6 Å². The van der Waals surface area contributed by atoms with Crippen LogP contribution in [0, 0.1) is 0 Å². The summed E-state index contributed by atoms with van der Waals surface area (Å²) in [5, 5.41) is 5.80. The van der Waals surface area contributed by atoms with Crippen molar-refractivity contribution in [3.05, 3.63) is 66.2 Å². The second-order valence-electron chi connectivity index (χ2n) is 5.00. The predicted octanol–water partition coefficient (Wildman–Crippen LogP) is 4.77. The van der Waals surface area contributed by atoms with E-state index in [9.17, 15) is 0 Å². The zero-order chi connectivity index (χ0) is 14.2. The number of nitrogens with one attached hydrogen (secondary N) is 1. The Morgan fingerprint density at radius 2 is 1.73 bits per heavy atom. The topological polar surface area (TPSA) is 33.6 Å². The zero-order valence-electron chi connectivity index (χ0n) is 12.0. The van der Waals surface area contributed by atoms with Gasteiger partial charge in [-0.3, -0.25) is 0 Å². The summed E-state index contributed by atoms with van der Waals surface area (Å²) < 4.78 is 5.29. The second-order valence-corrected chi connectivity index (χ2v) is 5.00. The van der Waals surface area contributed by atoms with Crippen LogP contribution in [-0.2, 0) is 0 Å². The quantitative estimate of drug-likeness (QED) is 0.739. The molecule has 1 heterocycles. The first-order valence-electron chi connectivity index (χ1n) is 6.87. The van der Waals surface area contributed by atoms with Crippen LogP contribution in [0.4, 0.5) is 11.4 Å². The van der Waals surface area contributed by atoms with E-state index >= 15 is 0 Å². The average molecular weight is 311 g/mol. The summed E-state index contributed by atoms with van der Waals surface area (Å²) in [6, 6.07) is 20.4. The van der Waals surface area contributed by atoms with E-state index in [0.717, 1.165) is 28.5 Å². The number of nitrogens with zero attached hydrogens (tertiary/aromatic N) is 1. The van der Waals surface area contributed by atoms with Gasteiger partial charge in [0.05, 0.1) is 12.8 Å². The number of hydrogen-bond acceptors (Lipinski definition) is 3. The van der Waals surface area contributed by atoms with E-state index in [0.29, 0.717) is 0 Å². The minimum atomic E-state index is 0. The van der Waals surface area contributed by atoms with Gasteiger partial charge in [0.2, 0.25) is 0 Å². The molecule has 0 saturated heterocycles. The van der Waals surface area contributed by atoms with E-state index in [1.165, 1.54) is 10.8 Å². The molecule has 110 valence electrons. The third-order valence-electron chi connectivity index (χ3n) is 3.71. The number of ether oxygens (including phenoxy) is 1. The first kappa shape index (κ1) is 14.4. The Hall–Kier alpha value is -2.52. The lowest BCUT2D eigenvalue weighted by Crippen LogP contribution is -2.16. The van der Waals surface area contributed by atoms with E-state index in [1.54, 1.807) is 7.11 Å². The molecule has 0 saturated carbocycles. The molecule has 3 nitrogen and oxygen atoms in total. The Kier molecular flexibility index (Phi) is 3.73. The van der Waals surface area contributed by atoms with Crippen LogP contribution in [0.25, 0.3) is 10.8 Å². The van der Waals surface area contributed by atoms with Crippen LogP contribution in [0.5, 0.6) is 5.75 Å². The van der Waals surface area contributed by atoms with Gasteiger partial charge in [-0.05, 0) is 29.7 Å². The van der Waals surface area contributed by atoms with E-state index in [-0.39, 0.29) is 12.4 Å². The second kappa shape index (κ2) is 5.70. The van der Waals surface area contributed by atoms with Gasteiger partial charge in [-0.1, -0.05) is 36.4 Å². The monoisotopic (exact) mass is 310 g/mol. The number of aliphatic imine (C=N–C) groups is 1. The van der Waals surface area contributed by atoms with Gasteiger partial charge >= 0.3 is 0 Å². The van der Waals surface area contributed by atoms with Crippen LogP contribution < -0.4 is 10.1 Å². The molecule has 0 amide bonds. The van der Waals surface area contributed by atoms with Crippen LogP contribution in [0.15, 0.2) is 65.7 Å². The predicted molar refractivity (Wildman–Crippen MR) is 94.0 cm³/mol. The molecular weight excluding hydrogens is 296 g/mol. The van der Waals surface area contributed by atoms with Crippen molar-refractivity contribution in [1.82, 2.24) is 0 Å². The maximum atomic E-state index is 5.29. The summed E-state index contributed by atoms with van der Waals surface area (Å²) >= 11 is 0. The molecular formula is C18H15ClN2O. The largest absolute Gasteiger partial charge is 0.497 e. The number of benzene rings is 3. The summed E-state index contributed by atoms with van der Waals surface area (Å²) in [5.41, 5.74) is 3.11. The Morgan fingerprint density at radius 1 is 0.955 bits per heavy atom. The zero-order valence-corrected chi connectivity index (χ0v) is 12.9. The lowest BCUT2D eigenvalue weighted by Gasteiger charge is -2.19. The Bertz CT molecular complexity index is 869. The summed E-state index contributed by atoms with van der Waals surface area (Å²) in [6.07, 6.45) is 0. The highest BCUT2D eigenvalue weighted by atomic mass is 35.5. The van der Waals surface area contributed by atoms with Gasteiger partial charge < -0.3 is 10.1 Å². The third-order valence-corrected chi connectivity index (χ3v) is 3.71. The molecule has 4 rings (SSSR count). The molecule has 4 heteroatoms. The summed E-state index contributed by atoms with van der Waals surface area (Å²) in [7, 11) is 1.67. The van der Waals surface area contributed by atoms with Gasteiger partial charge in [0, 0.05) is 16.6 Å². The number of halogens is 1. The van der Waals surface area contributed by atoms with Gasteiger partial charge in [-0.25, -0.2) is 4.99 Å². The van der Waals surface area contributed by atoms with Crippen LogP contribution in [0.2, 0.25) is 0 Å². The highest BCUT2D eigenvalue weighted by molar-refractivity contribution is 6.19. The summed E-state index contributed by atoms with van der Waals surface area (Å²) in [5.74, 6) is 1.68. The smallest absolute Gasteiger partial charge is 0.138 e. The summed E-state index contributed by atoms with van der Waals surface area (Å²) in [4.78, 5) is 4.76. The summed E-state index contributed by atoms with van der Waals surface area (Å²) in [6.45, 7) is 0. The molecule has 0 bridgehead atoms. The lowest BCUT2D eigenvalue weighted by molar-refractivity contribution is 0.414. The minimum absolute atomic E-state index is 0. The molecule has 1 aliphatic rings. The van der Waals surface area contributed by atoms with Crippen molar-refractivity contribution in [2.24, 2.45) is 4.99 Å². The van der Waals surface area contributed by atoms with Crippen LogP contribution in [0.1, 0.15) is 5.56 Å². The third kappa shape index (κ3) is 2.30. The number of amidine groups is 1. The maximum Gasteiger partial charge on any atom is 0.138 e. The fourth-order valence-electron chi connectivity index (χ4n) is 2.70. The first-order valence-corrected chi connectivity index (χ1v) is 6.87. The number of anilines is 1. The molecule has 3 aromatic rings. The lowest BCUT2D eigenvalue weighted by atomic mass is 10.0. The molecule has 3 aromatic carbocycles. The van der Waals surface area contributed by atoms with Crippen LogP contribution >= 0.6 is 12.4 Å². The number of rotatable bonds is 2. The van der Waals surface area contributed by atoms with E-state index in [4.69, 9.17) is 9.73 Å². The van der Waals surface area contributed by atoms with Gasteiger partial charge in [0.15, 0.2) is 0 Å². The molecule has 22 heavy (non-hydrogen) atoms. The van der Waals surface area contributed by atoms with Crippen LogP contribution in [0.3, 0.4) is 0 Å². The van der Waals surface area contributed by atoms with Gasteiger partial charge in [0.25, 0.3) is 0 Å². The van der Waals surface area contributed by atoms with Crippen molar-refractivity contribution >= 4 is 40.4 Å². The number of hydrogen-bond donors (Lipinski definition) is 1. The molecule has 0 aliphatic carbocycles. The van der Waals surface area contributed by atoms with Crippen molar-refractivity contribution in [3.8, 4) is 5.75 Å². The molecule has 1 aliphatic heterocycles. The fraction of sp³-hybridized carbons (Fsp3) is 0.0556. The highest BCUT2D eigenvalue weighted by Crippen LogP contribution is 2.36. The molecule has 0 fully saturated rings. The van der Waals surface area contributed by atoms with Crippen molar-refractivity contribution in [3.63, 3.8) is 0 Å². The molecule has 0 unspecified atom stereocenters. The van der Waals surface area contributed by atoms with Crippen molar-refractivity contribution in [2.75, 3.05) is 12.4 Å². The van der Waals surface area contributed by atoms with Crippen LogP contribution in [-0.4, -0.2) is 12.9 Å². The Labute approximate surface area is 135 Å². The number of methoxy groups -OCH3 is 1. The highest BCUT2D eigenvalue weighted by Gasteiger charge is 2.15. The maximum absolute atomic E-state index is 5.29. The van der Waals surface area contributed by atoms with E-state index < -0.39 is 0 Å². The average Bonchev–Trinajstić information content (AvgIpc) is 2.55. The Morgan fingerprint density at radius 3 is 2.55 bits per heavy atom. The normalized spacial score (nSPS) is 12.1. The molecule has 0 aromatic heterocycles. The van der Waals surface area contributed by atoms with Gasteiger partial charge in [-0.2, -0.15) is 0 Å². The minimum Gasteiger partial charge on any atom is -0.497 e.